The highest BCUT2D eigenvalue weighted by molar-refractivity contribution is 5.12. The zero-order valence-electron chi connectivity index (χ0n) is 26.2. The Morgan fingerprint density at radius 2 is 1.47 bits per heavy atom. The molecule has 2 nitrogen and oxygen atoms in total. The molecule has 0 aromatic carbocycles. The molecule has 0 N–H and O–H groups in total. The molecule has 12 unspecified atom stereocenters. The number of hydrogen-bond acceptors (Lipinski definition) is 2. The van der Waals surface area contributed by atoms with Gasteiger partial charge in [0.25, 0.3) is 0 Å². The Hall–Kier alpha value is -0.0800. The predicted molar refractivity (Wildman–Crippen MR) is 155 cm³/mol. The number of methoxy groups -OCH3 is 1. The van der Waals surface area contributed by atoms with Gasteiger partial charge in [-0.2, -0.15) is 0 Å². The van der Waals surface area contributed by atoms with Crippen LogP contribution in [0.3, 0.4) is 0 Å². The van der Waals surface area contributed by atoms with Gasteiger partial charge in [0.05, 0.1) is 18.3 Å². The van der Waals surface area contributed by atoms with Crippen LogP contribution in [0.25, 0.3) is 0 Å². The van der Waals surface area contributed by atoms with E-state index in [0.29, 0.717) is 29.1 Å². The summed E-state index contributed by atoms with van der Waals surface area (Å²) in [5.74, 6) is 6.62. The van der Waals surface area contributed by atoms with Crippen molar-refractivity contribution in [2.75, 3.05) is 7.11 Å². The Bertz CT molecular complexity index is 674. The molecule has 0 aromatic heterocycles. The summed E-state index contributed by atoms with van der Waals surface area (Å²) >= 11 is 0. The number of rotatable bonds is 6. The van der Waals surface area contributed by atoms with Crippen LogP contribution in [0.15, 0.2) is 0 Å². The number of epoxide rings is 1. The molecule has 1 aliphatic heterocycles. The van der Waals surface area contributed by atoms with E-state index in [1.807, 2.05) is 34.8 Å². The summed E-state index contributed by atoms with van der Waals surface area (Å²) in [7, 11) is 2.00. The van der Waals surface area contributed by atoms with E-state index >= 15 is 0 Å². The molecule has 4 saturated carbocycles. The van der Waals surface area contributed by atoms with Crippen molar-refractivity contribution >= 4 is 0 Å². The highest BCUT2D eigenvalue weighted by Gasteiger charge is 2.63. The van der Waals surface area contributed by atoms with Crippen molar-refractivity contribution in [3.05, 3.63) is 0 Å². The van der Waals surface area contributed by atoms with Gasteiger partial charge in [0.1, 0.15) is 0 Å². The normalized spacial score (nSPS) is 46.7. The summed E-state index contributed by atoms with van der Waals surface area (Å²) in [6, 6.07) is 0. The minimum absolute atomic E-state index is 0.507. The van der Waals surface area contributed by atoms with Crippen LogP contribution in [0.4, 0.5) is 0 Å². The molecule has 0 amide bonds. The Morgan fingerprint density at radius 3 is 2.08 bits per heavy atom. The van der Waals surface area contributed by atoms with Crippen LogP contribution in [0.5, 0.6) is 0 Å². The summed E-state index contributed by atoms with van der Waals surface area (Å²) in [5, 5.41) is 0. The smallest absolute Gasteiger partial charge is 0.0875 e. The van der Waals surface area contributed by atoms with Gasteiger partial charge in [-0.05, 0) is 103 Å². The van der Waals surface area contributed by atoms with Crippen molar-refractivity contribution in [1.29, 1.82) is 0 Å². The van der Waals surface area contributed by atoms with Gasteiger partial charge in [0.2, 0.25) is 0 Å². The molecule has 2 heteroatoms. The van der Waals surface area contributed by atoms with Gasteiger partial charge in [-0.15, -0.1) is 0 Å². The van der Waals surface area contributed by atoms with Gasteiger partial charge in [-0.25, -0.2) is 0 Å². The predicted octanol–water partition coefficient (Wildman–Crippen LogP) is 9.80. The number of hydrogen-bond donors (Lipinski definition) is 0. The largest absolute Gasteiger partial charge is 0.381 e. The molecule has 1 heterocycles. The van der Waals surface area contributed by atoms with E-state index in [-0.39, 0.29) is 0 Å². The highest BCUT2D eigenvalue weighted by atomic mass is 16.6. The molecule has 212 valence electrons. The van der Waals surface area contributed by atoms with Crippen LogP contribution < -0.4 is 0 Å². The molecule has 0 radical (unpaired) electrons. The van der Waals surface area contributed by atoms with E-state index in [4.69, 9.17) is 9.47 Å². The third kappa shape index (κ3) is 5.10. The molecular weight excluding hydrogens is 440 g/mol. The van der Waals surface area contributed by atoms with Gasteiger partial charge in [-0.3, -0.25) is 0 Å². The first-order chi connectivity index (χ1) is 17.3. The highest BCUT2D eigenvalue weighted by Crippen LogP contribution is 2.69. The van der Waals surface area contributed by atoms with Crippen molar-refractivity contribution in [3.63, 3.8) is 0 Å². The summed E-state index contributed by atoms with van der Waals surface area (Å²) in [6.45, 7) is 23.1. The molecule has 12 atom stereocenters. The average Bonchev–Trinajstić information content (AvgIpc) is 3.58. The monoisotopic (exact) mass is 504 g/mol. The quantitative estimate of drug-likeness (QED) is 0.336. The minimum atomic E-state index is 0.507. The summed E-state index contributed by atoms with van der Waals surface area (Å²) in [6.07, 6.45) is 15.7. The van der Waals surface area contributed by atoms with E-state index in [0.717, 1.165) is 47.3 Å². The zero-order chi connectivity index (χ0) is 26.8. The lowest BCUT2D eigenvalue weighted by Crippen LogP contribution is -2.57. The van der Waals surface area contributed by atoms with Gasteiger partial charge < -0.3 is 9.47 Å². The molecular formula is C34H64O2. The van der Waals surface area contributed by atoms with E-state index in [9.17, 15) is 0 Å². The number of fused-ring (bicyclic) bond motifs is 5. The van der Waals surface area contributed by atoms with Gasteiger partial charge in [-0.1, -0.05) is 88.5 Å². The average molecular weight is 505 g/mol. The van der Waals surface area contributed by atoms with E-state index < -0.39 is 0 Å². The lowest BCUT2D eigenvalue weighted by Gasteiger charge is -2.62. The van der Waals surface area contributed by atoms with Gasteiger partial charge >= 0.3 is 0 Å². The van der Waals surface area contributed by atoms with E-state index in [2.05, 4.69) is 41.5 Å². The molecule has 1 saturated heterocycles. The first kappa shape index (κ1) is 30.5. The van der Waals surface area contributed by atoms with E-state index in [1.54, 1.807) is 0 Å². The van der Waals surface area contributed by atoms with Crippen molar-refractivity contribution in [2.45, 2.75) is 152 Å². The fourth-order valence-electron chi connectivity index (χ4n) is 10.7. The van der Waals surface area contributed by atoms with Crippen LogP contribution in [0, 0.1) is 58.2 Å². The Labute approximate surface area is 226 Å². The Kier molecular flexibility index (Phi) is 10.5. The lowest BCUT2D eigenvalue weighted by atomic mass is 9.44. The lowest BCUT2D eigenvalue weighted by molar-refractivity contribution is -0.167. The molecule has 0 aromatic rings. The van der Waals surface area contributed by atoms with Crippen LogP contribution in [-0.2, 0) is 9.47 Å². The van der Waals surface area contributed by atoms with Crippen molar-refractivity contribution < 1.29 is 9.47 Å². The topological polar surface area (TPSA) is 21.8 Å². The van der Waals surface area contributed by atoms with Crippen molar-refractivity contribution in [3.8, 4) is 0 Å². The van der Waals surface area contributed by atoms with Crippen LogP contribution in [0.1, 0.15) is 133 Å². The standard InChI is InChI=1S/C30H52O2.2C2H6/c1-8-20(18(2)3)28-27(32-28)19(4)22-12-13-23-21-17-26(31-7)25-11-9-10-15-29(25,5)24(21)14-16-30(22,23)6;2*1-2/h18-28H,8-17H2,1-7H3;2*1-2H3. The molecule has 5 fully saturated rings. The van der Waals surface area contributed by atoms with Crippen molar-refractivity contribution in [1.82, 2.24) is 0 Å². The SMILES string of the molecule is CC.CC.CCC(C(C)C)C1OC1C(C)C1CCC2C3CC(OC)C4CCCCC4(C)C3CCC12C. The Balaban J connectivity index is 0.000000861. The van der Waals surface area contributed by atoms with Gasteiger partial charge in [0.15, 0.2) is 0 Å². The number of ether oxygens (including phenoxy) is 2. The van der Waals surface area contributed by atoms with E-state index in [1.165, 1.54) is 64.2 Å². The van der Waals surface area contributed by atoms with Crippen LogP contribution in [0.2, 0.25) is 0 Å². The maximum atomic E-state index is 6.44. The fourth-order valence-corrected chi connectivity index (χ4v) is 10.7. The first-order valence-corrected chi connectivity index (χ1v) is 16.4. The third-order valence-corrected chi connectivity index (χ3v) is 12.4. The maximum absolute atomic E-state index is 6.44. The maximum Gasteiger partial charge on any atom is 0.0875 e. The Morgan fingerprint density at radius 1 is 0.806 bits per heavy atom. The van der Waals surface area contributed by atoms with Crippen LogP contribution in [-0.4, -0.2) is 25.4 Å². The molecule has 36 heavy (non-hydrogen) atoms. The molecule has 4 aliphatic carbocycles. The summed E-state index contributed by atoms with van der Waals surface area (Å²) in [4.78, 5) is 0. The van der Waals surface area contributed by atoms with Crippen LogP contribution >= 0.6 is 0 Å². The second-order valence-corrected chi connectivity index (χ2v) is 13.7. The second-order valence-electron chi connectivity index (χ2n) is 13.7. The third-order valence-electron chi connectivity index (χ3n) is 12.4. The summed E-state index contributed by atoms with van der Waals surface area (Å²) in [5.41, 5.74) is 1.05. The molecule has 5 aliphatic rings. The minimum Gasteiger partial charge on any atom is -0.381 e. The zero-order valence-corrected chi connectivity index (χ0v) is 26.2. The molecule has 0 bridgehead atoms. The summed E-state index contributed by atoms with van der Waals surface area (Å²) < 4.78 is 12.7. The molecule has 5 rings (SSSR count). The second kappa shape index (κ2) is 12.4. The molecule has 0 spiro atoms. The fraction of sp³-hybridized carbons (Fsp3) is 1.00. The van der Waals surface area contributed by atoms with Gasteiger partial charge in [0, 0.05) is 7.11 Å². The van der Waals surface area contributed by atoms with Crippen molar-refractivity contribution in [2.24, 2.45) is 58.2 Å². The first-order valence-electron chi connectivity index (χ1n) is 16.4.